The number of hydrogen-bond donors (Lipinski definition) is 1. The van der Waals surface area contributed by atoms with E-state index in [-0.39, 0.29) is 37.6 Å². The van der Waals surface area contributed by atoms with Crippen LogP contribution in [-0.2, 0) is 14.3 Å². The molecule has 0 spiro atoms. The third kappa shape index (κ3) is 7.13. The van der Waals surface area contributed by atoms with E-state index >= 15 is 0 Å². The average Bonchev–Trinajstić information content (AvgIpc) is 2.37. The summed E-state index contributed by atoms with van der Waals surface area (Å²) in [6, 6.07) is 7.18. The first-order chi connectivity index (χ1) is 9.47. The molecule has 0 fully saturated rings. The molecular formula is C14H18BrNO4. The van der Waals surface area contributed by atoms with E-state index < -0.39 is 0 Å². The fourth-order valence-electron chi connectivity index (χ4n) is 1.36. The largest absolute Gasteiger partial charge is 0.484 e. The third-order valence-corrected chi connectivity index (χ3v) is 2.73. The lowest BCUT2D eigenvalue weighted by molar-refractivity contribution is -0.147. The number of amides is 1. The standard InChI is InChI=1S/C14H18BrNO4/c1-10(2)20-14(18)7-8-16-13(17)9-19-12-5-3-11(15)4-6-12/h3-6,10H,7-9H2,1-2H3,(H,16,17). The Morgan fingerprint density at radius 2 is 1.90 bits per heavy atom. The first kappa shape index (κ1) is 16.5. The Kier molecular flexibility index (Phi) is 7.08. The molecule has 0 heterocycles. The van der Waals surface area contributed by atoms with Crippen molar-refractivity contribution >= 4 is 27.8 Å². The van der Waals surface area contributed by atoms with Crippen molar-refractivity contribution in [3.63, 3.8) is 0 Å². The molecule has 0 atom stereocenters. The van der Waals surface area contributed by atoms with Gasteiger partial charge in [-0.1, -0.05) is 15.9 Å². The molecule has 6 heteroatoms. The predicted octanol–water partition coefficient (Wildman–Crippen LogP) is 2.29. The highest BCUT2D eigenvalue weighted by Gasteiger charge is 2.07. The number of hydrogen-bond acceptors (Lipinski definition) is 4. The molecule has 1 N–H and O–H groups in total. The molecule has 20 heavy (non-hydrogen) atoms. The molecule has 0 aromatic heterocycles. The molecule has 0 radical (unpaired) electrons. The summed E-state index contributed by atoms with van der Waals surface area (Å²) in [5, 5.41) is 2.59. The van der Waals surface area contributed by atoms with Crippen LogP contribution in [0.15, 0.2) is 28.7 Å². The van der Waals surface area contributed by atoms with Crippen molar-refractivity contribution < 1.29 is 19.1 Å². The molecule has 1 aromatic carbocycles. The zero-order valence-electron chi connectivity index (χ0n) is 11.5. The van der Waals surface area contributed by atoms with Crippen LogP contribution in [0.5, 0.6) is 5.75 Å². The highest BCUT2D eigenvalue weighted by Crippen LogP contribution is 2.15. The summed E-state index contributed by atoms with van der Waals surface area (Å²) in [5.41, 5.74) is 0. The lowest BCUT2D eigenvalue weighted by Crippen LogP contribution is -2.31. The normalized spacial score (nSPS) is 10.2. The third-order valence-electron chi connectivity index (χ3n) is 2.20. The maximum Gasteiger partial charge on any atom is 0.307 e. The lowest BCUT2D eigenvalue weighted by atomic mass is 10.3. The summed E-state index contributed by atoms with van der Waals surface area (Å²) in [6.07, 6.45) is 0.0151. The minimum absolute atomic E-state index is 0.0825. The molecule has 0 saturated carbocycles. The number of nitrogens with one attached hydrogen (secondary N) is 1. The van der Waals surface area contributed by atoms with Gasteiger partial charge in [-0.15, -0.1) is 0 Å². The van der Waals surface area contributed by atoms with Gasteiger partial charge in [0.05, 0.1) is 12.5 Å². The van der Waals surface area contributed by atoms with Gasteiger partial charge < -0.3 is 14.8 Å². The van der Waals surface area contributed by atoms with Crippen LogP contribution in [0.25, 0.3) is 0 Å². The molecule has 1 amide bonds. The molecule has 0 aliphatic heterocycles. The van der Waals surface area contributed by atoms with E-state index in [1.165, 1.54) is 0 Å². The minimum Gasteiger partial charge on any atom is -0.484 e. The molecule has 5 nitrogen and oxygen atoms in total. The van der Waals surface area contributed by atoms with Gasteiger partial charge >= 0.3 is 5.97 Å². The zero-order valence-corrected chi connectivity index (χ0v) is 13.1. The van der Waals surface area contributed by atoms with Crippen LogP contribution < -0.4 is 10.1 Å². The average molecular weight is 344 g/mol. The van der Waals surface area contributed by atoms with Gasteiger partial charge in [-0.05, 0) is 38.1 Å². The van der Waals surface area contributed by atoms with E-state index in [0.29, 0.717) is 5.75 Å². The smallest absolute Gasteiger partial charge is 0.307 e. The summed E-state index contributed by atoms with van der Waals surface area (Å²) in [4.78, 5) is 22.7. The maximum atomic E-state index is 11.5. The lowest BCUT2D eigenvalue weighted by Gasteiger charge is -2.09. The van der Waals surface area contributed by atoms with Gasteiger partial charge in [0.1, 0.15) is 5.75 Å². The Morgan fingerprint density at radius 3 is 2.50 bits per heavy atom. The highest BCUT2D eigenvalue weighted by atomic mass is 79.9. The molecule has 1 aromatic rings. The van der Waals surface area contributed by atoms with Gasteiger partial charge in [0.15, 0.2) is 6.61 Å². The highest BCUT2D eigenvalue weighted by molar-refractivity contribution is 9.10. The van der Waals surface area contributed by atoms with Gasteiger partial charge in [0.2, 0.25) is 0 Å². The Balaban J connectivity index is 2.17. The second-order valence-electron chi connectivity index (χ2n) is 4.38. The van der Waals surface area contributed by atoms with Gasteiger partial charge in [-0.25, -0.2) is 0 Å². The summed E-state index contributed by atoms with van der Waals surface area (Å²) < 4.78 is 11.2. The molecule has 110 valence electrons. The molecule has 0 saturated heterocycles. The fraction of sp³-hybridized carbons (Fsp3) is 0.429. The van der Waals surface area contributed by atoms with Crippen LogP contribution in [-0.4, -0.2) is 31.1 Å². The first-order valence-corrected chi connectivity index (χ1v) is 7.11. The second-order valence-corrected chi connectivity index (χ2v) is 5.30. The van der Waals surface area contributed by atoms with Crippen LogP contribution in [0.2, 0.25) is 0 Å². The van der Waals surface area contributed by atoms with Crippen LogP contribution in [0.1, 0.15) is 20.3 Å². The number of benzene rings is 1. The van der Waals surface area contributed by atoms with E-state index in [0.717, 1.165) is 4.47 Å². The van der Waals surface area contributed by atoms with E-state index in [2.05, 4.69) is 21.2 Å². The topological polar surface area (TPSA) is 64.6 Å². The number of carbonyl (C=O) groups excluding carboxylic acids is 2. The van der Waals surface area contributed by atoms with Gasteiger partial charge in [0, 0.05) is 11.0 Å². The zero-order chi connectivity index (χ0) is 15.0. The molecule has 0 aliphatic carbocycles. The van der Waals surface area contributed by atoms with Crippen molar-refractivity contribution in [2.75, 3.05) is 13.2 Å². The SMILES string of the molecule is CC(C)OC(=O)CCNC(=O)COc1ccc(Br)cc1. The number of esters is 1. The Labute approximate surface area is 126 Å². The molecule has 0 unspecified atom stereocenters. The number of carbonyl (C=O) groups is 2. The fourth-order valence-corrected chi connectivity index (χ4v) is 1.62. The van der Waals surface area contributed by atoms with Crippen molar-refractivity contribution in [2.24, 2.45) is 0 Å². The predicted molar refractivity (Wildman–Crippen MR) is 78.5 cm³/mol. The summed E-state index contributed by atoms with van der Waals surface area (Å²) in [7, 11) is 0. The summed E-state index contributed by atoms with van der Waals surface area (Å²) in [6.45, 7) is 3.72. The van der Waals surface area contributed by atoms with Gasteiger partial charge in [-0.2, -0.15) is 0 Å². The maximum absolute atomic E-state index is 11.5. The van der Waals surface area contributed by atoms with Crippen LogP contribution in [0.3, 0.4) is 0 Å². The number of rotatable bonds is 7. The van der Waals surface area contributed by atoms with E-state index in [1.807, 2.05) is 12.1 Å². The second kappa shape index (κ2) is 8.58. The van der Waals surface area contributed by atoms with E-state index in [9.17, 15) is 9.59 Å². The Bertz CT molecular complexity index is 445. The van der Waals surface area contributed by atoms with Crippen LogP contribution in [0, 0.1) is 0 Å². The summed E-state index contributed by atoms with van der Waals surface area (Å²) in [5.74, 6) is 0.0157. The summed E-state index contributed by atoms with van der Waals surface area (Å²) >= 11 is 3.31. The van der Waals surface area contributed by atoms with Crippen LogP contribution >= 0.6 is 15.9 Å². The molecule has 0 bridgehead atoms. The number of ether oxygens (including phenoxy) is 2. The minimum atomic E-state index is -0.325. The monoisotopic (exact) mass is 343 g/mol. The van der Waals surface area contributed by atoms with Crippen molar-refractivity contribution in [3.8, 4) is 5.75 Å². The van der Waals surface area contributed by atoms with Crippen molar-refractivity contribution in [1.29, 1.82) is 0 Å². The van der Waals surface area contributed by atoms with Crippen molar-refractivity contribution in [3.05, 3.63) is 28.7 Å². The Morgan fingerprint density at radius 1 is 1.25 bits per heavy atom. The van der Waals surface area contributed by atoms with E-state index in [4.69, 9.17) is 9.47 Å². The quantitative estimate of drug-likeness (QED) is 0.771. The molecule has 0 aliphatic rings. The van der Waals surface area contributed by atoms with E-state index in [1.54, 1.807) is 26.0 Å². The van der Waals surface area contributed by atoms with Crippen molar-refractivity contribution in [1.82, 2.24) is 5.32 Å². The molecular weight excluding hydrogens is 326 g/mol. The van der Waals surface area contributed by atoms with Crippen molar-refractivity contribution in [2.45, 2.75) is 26.4 Å². The van der Waals surface area contributed by atoms with Gasteiger partial charge in [0.25, 0.3) is 5.91 Å². The van der Waals surface area contributed by atoms with Gasteiger partial charge in [-0.3, -0.25) is 9.59 Å². The Hall–Kier alpha value is -1.56. The first-order valence-electron chi connectivity index (χ1n) is 6.32. The number of halogens is 1. The van der Waals surface area contributed by atoms with Crippen LogP contribution in [0.4, 0.5) is 0 Å². The molecule has 1 rings (SSSR count).